The molecule has 0 unspecified atom stereocenters. The van der Waals surface area contributed by atoms with Crippen molar-refractivity contribution >= 4 is 32.5 Å². The molecule has 2 N–H and O–H groups in total. The summed E-state index contributed by atoms with van der Waals surface area (Å²) >= 11 is 5.86. The van der Waals surface area contributed by atoms with Crippen molar-refractivity contribution < 1.29 is 18.1 Å². The summed E-state index contributed by atoms with van der Waals surface area (Å²) in [6.45, 7) is 0. The predicted molar refractivity (Wildman–Crippen MR) is 60.4 cm³/mol. The summed E-state index contributed by atoms with van der Waals surface area (Å²) in [5.41, 5.74) is 0. The third kappa shape index (κ3) is 1.84. The lowest BCUT2D eigenvalue weighted by atomic mass is 10.1. The van der Waals surface area contributed by atoms with Crippen LogP contribution in [0.1, 0.15) is 0 Å². The molecule has 2 rings (SSSR count). The number of phenols is 1. The Labute approximate surface area is 96.8 Å². The van der Waals surface area contributed by atoms with Crippen molar-refractivity contribution in [3.05, 3.63) is 35.4 Å². The van der Waals surface area contributed by atoms with Crippen LogP contribution in [0, 0.1) is 0 Å². The van der Waals surface area contributed by atoms with Crippen molar-refractivity contribution in [1.82, 2.24) is 0 Å². The second-order valence-corrected chi connectivity index (χ2v) is 5.05. The highest BCUT2D eigenvalue weighted by Gasteiger charge is 2.16. The van der Waals surface area contributed by atoms with Crippen LogP contribution < -0.4 is 0 Å². The van der Waals surface area contributed by atoms with Gasteiger partial charge in [-0.1, -0.05) is 23.7 Å². The Morgan fingerprint density at radius 3 is 2.44 bits per heavy atom. The zero-order chi connectivity index (χ0) is 11.9. The van der Waals surface area contributed by atoms with Gasteiger partial charge in [-0.15, -0.1) is 0 Å². The van der Waals surface area contributed by atoms with Crippen molar-refractivity contribution in [2.75, 3.05) is 0 Å². The number of halogens is 1. The van der Waals surface area contributed by atoms with Gasteiger partial charge in [-0.2, -0.15) is 8.42 Å². The van der Waals surface area contributed by atoms with Crippen LogP contribution in [0.2, 0.25) is 5.02 Å². The molecule has 0 radical (unpaired) electrons. The van der Waals surface area contributed by atoms with Gasteiger partial charge < -0.3 is 5.11 Å². The van der Waals surface area contributed by atoms with Gasteiger partial charge in [0.05, 0.1) is 0 Å². The van der Waals surface area contributed by atoms with Gasteiger partial charge in [0.25, 0.3) is 10.1 Å². The Morgan fingerprint density at radius 2 is 1.81 bits per heavy atom. The Morgan fingerprint density at radius 1 is 1.12 bits per heavy atom. The van der Waals surface area contributed by atoms with Gasteiger partial charge in [-0.05, 0) is 12.1 Å². The molecule has 16 heavy (non-hydrogen) atoms. The third-order valence-corrected chi connectivity index (χ3v) is 3.39. The molecule has 0 amide bonds. The van der Waals surface area contributed by atoms with Crippen molar-refractivity contribution in [2.45, 2.75) is 4.90 Å². The van der Waals surface area contributed by atoms with Gasteiger partial charge in [-0.3, -0.25) is 4.55 Å². The summed E-state index contributed by atoms with van der Waals surface area (Å²) in [6, 6.07) is 6.96. The van der Waals surface area contributed by atoms with E-state index in [4.69, 9.17) is 16.2 Å². The van der Waals surface area contributed by atoms with E-state index < -0.39 is 10.1 Å². The van der Waals surface area contributed by atoms with Gasteiger partial charge in [-0.25, -0.2) is 0 Å². The number of hydrogen-bond acceptors (Lipinski definition) is 3. The minimum absolute atomic E-state index is 0.270. The highest BCUT2D eigenvalue weighted by Crippen LogP contribution is 2.32. The Hall–Kier alpha value is -1.30. The average molecular weight is 259 g/mol. The second-order valence-electron chi connectivity index (χ2n) is 3.25. The van der Waals surface area contributed by atoms with Gasteiger partial charge in [0.2, 0.25) is 0 Å². The summed E-state index contributed by atoms with van der Waals surface area (Å²) in [6.07, 6.45) is 0. The maximum absolute atomic E-state index is 11.1. The van der Waals surface area contributed by atoms with Gasteiger partial charge in [0, 0.05) is 21.9 Å². The summed E-state index contributed by atoms with van der Waals surface area (Å²) in [4.78, 5) is -0.356. The van der Waals surface area contributed by atoms with E-state index in [0.29, 0.717) is 10.4 Å². The van der Waals surface area contributed by atoms with Crippen LogP contribution >= 0.6 is 11.6 Å². The summed E-state index contributed by atoms with van der Waals surface area (Å²) in [7, 11) is -4.39. The smallest absolute Gasteiger partial charge is 0.295 e. The summed E-state index contributed by atoms with van der Waals surface area (Å²) in [5, 5.41) is 10.3. The fraction of sp³-hybridized carbons (Fsp3) is 0. The van der Waals surface area contributed by atoms with E-state index in [2.05, 4.69) is 0 Å². The molecule has 0 fully saturated rings. The molecule has 4 nitrogen and oxygen atoms in total. The first-order valence-electron chi connectivity index (χ1n) is 4.28. The van der Waals surface area contributed by atoms with Crippen molar-refractivity contribution in [3.63, 3.8) is 0 Å². The standard InChI is InChI=1S/C10H7ClO4S/c11-9-3-1-2-7-8(9)4-6(12)5-10(7)16(13,14)15/h1-5,12H,(H,13,14,15). The number of phenolic OH excluding ortho intramolecular Hbond substituents is 1. The van der Waals surface area contributed by atoms with Crippen molar-refractivity contribution in [1.29, 1.82) is 0 Å². The molecule has 0 bridgehead atoms. The predicted octanol–water partition coefficient (Wildman–Crippen LogP) is 2.45. The highest BCUT2D eigenvalue weighted by atomic mass is 35.5. The Bertz CT molecular complexity index is 664. The maximum atomic E-state index is 11.1. The first kappa shape index (κ1) is 11.2. The fourth-order valence-electron chi connectivity index (χ4n) is 1.51. The van der Waals surface area contributed by atoms with Crippen molar-refractivity contribution in [3.8, 4) is 5.75 Å². The summed E-state index contributed by atoms with van der Waals surface area (Å²) in [5.74, 6) is -0.270. The largest absolute Gasteiger partial charge is 0.508 e. The van der Waals surface area contributed by atoms with Crippen molar-refractivity contribution in [2.24, 2.45) is 0 Å². The normalized spacial score (nSPS) is 11.9. The molecular weight excluding hydrogens is 252 g/mol. The van der Waals surface area contributed by atoms with Gasteiger partial charge >= 0.3 is 0 Å². The first-order valence-corrected chi connectivity index (χ1v) is 6.10. The SMILES string of the molecule is O=S(=O)(O)c1cc(O)cc2c(Cl)cccc12. The van der Waals surface area contributed by atoms with E-state index >= 15 is 0 Å². The Kier molecular flexibility index (Phi) is 2.53. The monoisotopic (exact) mass is 258 g/mol. The molecule has 0 aromatic heterocycles. The Balaban J connectivity index is 3.01. The molecule has 0 aliphatic carbocycles. The highest BCUT2D eigenvalue weighted by molar-refractivity contribution is 7.86. The van der Waals surface area contributed by atoms with Crippen LogP contribution in [-0.4, -0.2) is 18.1 Å². The molecular formula is C10H7ClO4S. The topological polar surface area (TPSA) is 74.6 Å². The molecule has 2 aromatic carbocycles. The van der Waals surface area contributed by atoms with Crippen LogP contribution in [-0.2, 0) is 10.1 Å². The van der Waals surface area contributed by atoms with Gasteiger partial charge in [0.1, 0.15) is 10.6 Å². The maximum Gasteiger partial charge on any atom is 0.295 e. The van der Waals surface area contributed by atoms with Gasteiger partial charge in [0.15, 0.2) is 0 Å². The van der Waals surface area contributed by atoms with E-state index in [1.165, 1.54) is 12.1 Å². The number of aromatic hydroxyl groups is 1. The minimum Gasteiger partial charge on any atom is -0.508 e. The average Bonchev–Trinajstić information content (AvgIpc) is 2.17. The molecule has 0 spiro atoms. The molecule has 0 atom stereocenters. The van der Waals surface area contributed by atoms with E-state index in [1.807, 2.05) is 0 Å². The third-order valence-electron chi connectivity index (χ3n) is 2.17. The number of rotatable bonds is 1. The molecule has 0 aliphatic rings. The number of benzene rings is 2. The lowest BCUT2D eigenvalue weighted by Gasteiger charge is -2.06. The van der Waals surface area contributed by atoms with E-state index in [-0.39, 0.29) is 16.0 Å². The van der Waals surface area contributed by atoms with E-state index in [0.717, 1.165) is 6.07 Å². The first-order chi connectivity index (χ1) is 7.39. The molecule has 0 saturated heterocycles. The van der Waals surface area contributed by atoms with Crippen LogP contribution in [0.3, 0.4) is 0 Å². The van der Waals surface area contributed by atoms with E-state index in [1.54, 1.807) is 12.1 Å². The molecule has 84 valence electrons. The summed E-state index contributed by atoms with van der Waals surface area (Å²) < 4.78 is 31.2. The van der Waals surface area contributed by atoms with Crippen LogP contribution in [0.5, 0.6) is 5.75 Å². The second kappa shape index (κ2) is 3.62. The van der Waals surface area contributed by atoms with Crippen LogP contribution in [0.4, 0.5) is 0 Å². The zero-order valence-electron chi connectivity index (χ0n) is 7.88. The van der Waals surface area contributed by atoms with E-state index in [9.17, 15) is 13.5 Å². The van der Waals surface area contributed by atoms with Crippen LogP contribution in [0.15, 0.2) is 35.2 Å². The molecule has 2 aromatic rings. The minimum atomic E-state index is -4.39. The molecule has 0 heterocycles. The fourth-order valence-corrected chi connectivity index (χ4v) is 2.47. The molecule has 0 aliphatic heterocycles. The lowest BCUT2D eigenvalue weighted by Crippen LogP contribution is -1.99. The quantitative estimate of drug-likeness (QED) is 0.771. The van der Waals surface area contributed by atoms with Crippen LogP contribution in [0.25, 0.3) is 10.8 Å². The molecule has 0 saturated carbocycles. The number of hydrogen-bond donors (Lipinski definition) is 2. The molecule has 6 heteroatoms. The lowest BCUT2D eigenvalue weighted by molar-refractivity contribution is 0.468. The zero-order valence-corrected chi connectivity index (χ0v) is 9.46. The number of fused-ring (bicyclic) bond motifs is 1.